The molecule has 3 fully saturated rings. The summed E-state index contributed by atoms with van der Waals surface area (Å²) in [6, 6.07) is 15.1. The molecule has 3 heterocycles. The number of fused-ring (bicyclic) bond motifs is 1. The van der Waals surface area contributed by atoms with Gasteiger partial charge >= 0.3 is 5.97 Å². The van der Waals surface area contributed by atoms with E-state index in [-0.39, 0.29) is 37.9 Å². The predicted octanol–water partition coefficient (Wildman–Crippen LogP) is 4.56. The van der Waals surface area contributed by atoms with Gasteiger partial charge in [-0.3, -0.25) is 19.2 Å². The molecule has 0 saturated carbocycles. The molecule has 3 aliphatic heterocycles. The second-order valence-corrected chi connectivity index (χ2v) is 13.4. The largest absolute Gasteiger partial charge is 0.455 e. The molecule has 2 aromatic carbocycles. The van der Waals surface area contributed by atoms with E-state index < -0.39 is 53.6 Å². The molecule has 0 radical (unpaired) electrons. The van der Waals surface area contributed by atoms with Crippen molar-refractivity contribution >= 4 is 35.1 Å². The van der Waals surface area contributed by atoms with E-state index in [1.165, 1.54) is 4.90 Å². The number of likely N-dealkylation sites (tertiary alicyclic amines) is 1. The van der Waals surface area contributed by atoms with Gasteiger partial charge < -0.3 is 34.6 Å². The molecule has 11 heteroatoms. The zero-order chi connectivity index (χ0) is 36.7. The van der Waals surface area contributed by atoms with E-state index in [1.807, 2.05) is 61.5 Å². The minimum Gasteiger partial charge on any atom is -0.455 e. The second kappa shape index (κ2) is 16.7. The molecule has 0 aromatic heterocycles. The average Bonchev–Trinajstić information content (AvgIpc) is 3.80. The highest BCUT2D eigenvalue weighted by Gasteiger charge is 2.75. The predicted molar refractivity (Wildman–Crippen MR) is 196 cm³/mol. The summed E-state index contributed by atoms with van der Waals surface area (Å²) in [5, 5.41) is 13.3. The minimum absolute atomic E-state index is 0.0486. The van der Waals surface area contributed by atoms with Crippen LogP contribution in [0.3, 0.4) is 0 Å². The third-order valence-electron chi connectivity index (χ3n) is 10.7. The fraction of sp³-hybridized carbons (Fsp3) is 0.500. The van der Waals surface area contributed by atoms with Gasteiger partial charge in [0.1, 0.15) is 17.7 Å². The first-order valence-corrected chi connectivity index (χ1v) is 18.2. The van der Waals surface area contributed by atoms with Crippen molar-refractivity contribution in [3.05, 3.63) is 85.5 Å². The SMILES string of the molecule is C=CCCC(=O)NC[C@@H](OC(=O)[C@@H]1[C@@H]2CC[C@]3(O2)[C@H](C(=O)N(CC=C)c2ccc(N(CC)CC)cc2)N([C@@H](CC)CO)C(=O)[C@@H]13)c1ccccc1. The number of allylic oxidation sites excluding steroid dienone is 1. The Hall–Kier alpha value is -4.48. The highest BCUT2D eigenvalue weighted by molar-refractivity contribution is 6.05. The Morgan fingerprint density at radius 3 is 2.35 bits per heavy atom. The molecular weight excluding hydrogens is 648 g/mol. The molecule has 0 unspecified atom stereocenters. The van der Waals surface area contributed by atoms with Gasteiger partial charge in [-0.15, -0.1) is 13.2 Å². The van der Waals surface area contributed by atoms with Gasteiger partial charge in [-0.05, 0) is 69.4 Å². The fourth-order valence-electron chi connectivity index (χ4n) is 8.12. The van der Waals surface area contributed by atoms with Crippen LogP contribution in [0.2, 0.25) is 0 Å². The quantitative estimate of drug-likeness (QED) is 0.171. The number of aliphatic hydroxyl groups is 1. The Bertz CT molecular complexity index is 1560. The number of aliphatic hydroxyl groups excluding tert-OH is 1. The molecule has 51 heavy (non-hydrogen) atoms. The maximum atomic E-state index is 14.9. The lowest BCUT2D eigenvalue weighted by Gasteiger charge is -2.39. The first-order chi connectivity index (χ1) is 24.7. The number of carbonyl (C=O) groups is 4. The van der Waals surface area contributed by atoms with Gasteiger partial charge in [-0.25, -0.2) is 0 Å². The highest BCUT2D eigenvalue weighted by atomic mass is 16.6. The lowest BCUT2D eigenvalue weighted by molar-refractivity contribution is -0.161. The first-order valence-electron chi connectivity index (χ1n) is 18.2. The zero-order valence-corrected chi connectivity index (χ0v) is 30.0. The first kappa shape index (κ1) is 37.8. The van der Waals surface area contributed by atoms with Crippen molar-refractivity contribution in [3.8, 4) is 0 Å². The normalized spacial score (nSPS) is 24.4. The number of carbonyl (C=O) groups excluding carboxylic acids is 4. The Morgan fingerprint density at radius 2 is 1.75 bits per heavy atom. The standard InChI is InChI=1S/C40H52N4O7/c1-6-11-17-33(46)41-25-32(27-15-13-12-14-16-27)50-39(49)34-31-22-23-40(51-31)35(34)37(47)44(28(8-3)26-45)36(40)38(48)43(24-7-2)30-20-18-29(19-21-30)42(9-4)10-5/h6-7,12-16,18-21,28,31-32,34-36,45H,1-2,8-11,17,22-26H2,3-5H3,(H,41,46)/t28-,31-,32+,34+,35+,36-,40+/m0/s1. The van der Waals surface area contributed by atoms with Crippen LogP contribution in [0.5, 0.6) is 0 Å². The van der Waals surface area contributed by atoms with E-state index in [2.05, 4.69) is 37.2 Å². The number of esters is 1. The van der Waals surface area contributed by atoms with Crippen molar-refractivity contribution in [1.29, 1.82) is 0 Å². The van der Waals surface area contributed by atoms with Crippen molar-refractivity contribution in [2.24, 2.45) is 11.8 Å². The van der Waals surface area contributed by atoms with Crippen LogP contribution in [0.4, 0.5) is 11.4 Å². The molecule has 5 rings (SSSR count). The molecule has 2 bridgehead atoms. The summed E-state index contributed by atoms with van der Waals surface area (Å²) >= 11 is 0. The summed E-state index contributed by atoms with van der Waals surface area (Å²) in [5.74, 6) is -3.51. The van der Waals surface area contributed by atoms with E-state index in [1.54, 1.807) is 17.1 Å². The molecule has 7 atom stereocenters. The average molecular weight is 701 g/mol. The van der Waals surface area contributed by atoms with E-state index in [9.17, 15) is 24.3 Å². The third kappa shape index (κ3) is 7.32. The van der Waals surface area contributed by atoms with Crippen LogP contribution in [0.15, 0.2) is 79.9 Å². The van der Waals surface area contributed by atoms with Crippen molar-refractivity contribution in [2.75, 3.05) is 42.6 Å². The number of hydrogen-bond donors (Lipinski definition) is 2. The molecule has 3 aliphatic rings. The number of amides is 3. The molecule has 11 nitrogen and oxygen atoms in total. The number of nitrogens with zero attached hydrogens (tertiary/aromatic N) is 3. The van der Waals surface area contributed by atoms with Gasteiger partial charge in [0.25, 0.3) is 5.91 Å². The minimum atomic E-state index is -1.28. The van der Waals surface area contributed by atoms with E-state index in [4.69, 9.17) is 9.47 Å². The summed E-state index contributed by atoms with van der Waals surface area (Å²) in [4.78, 5) is 61.5. The number of hydrogen-bond acceptors (Lipinski definition) is 8. The fourth-order valence-corrected chi connectivity index (χ4v) is 8.12. The Kier molecular flexibility index (Phi) is 12.4. The van der Waals surface area contributed by atoms with Crippen LogP contribution in [0.1, 0.15) is 64.5 Å². The smallest absolute Gasteiger partial charge is 0.313 e. The Morgan fingerprint density at radius 1 is 1.06 bits per heavy atom. The molecule has 2 aromatic rings. The van der Waals surface area contributed by atoms with Gasteiger partial charge in [0.2, 0.25) is 11.8 Å². The van der Waals surface area contributed by atoms with Crippen molar-refractivity contribution in [3.63, 3.8) is 0 Å². The summed E-state index contributed by atoms with van der Waals surface area (Å²) in [6.07, 6.45) is 3.91. The molecule has 1 spiro atoms. The third-order valence-corrected chi connectivity index (χ3v) is 10.7. The van der Waals surface area contributed by atoms with Gasteiger partial charge in [0.15, 0.2) is 0 Å². The van der Waals surface area contributed by atoms with Crippen molar-refractivity contribution in [2.45, 2.75) is 82.8 Å². The molecule has 3 saturated heterocycles. The number of nitrogens with one attached hydrogen (secondary N) is 1. The second-order valence-electron chi connectivity index (χ2n) is 13.4. The van der Waals surface area contributed by atoms with E-state index in [0.717, 1.165) is 18.8 Å². The van der Waals surface area contributed by atoms with Crippen LogP contribution in [-0.4, -0.2) is 90.3 Å². The van der Waals surface area contributed by atoms with Gasteiger partial charge in [-0.1, -0.05) is 49.4 Å². The molecule has 2 N–H and O–H groups in total. The summed E-state index contributed by atoms with van der Waals surface area (Å²) in [6.45, 7) is 15.2. The van der Waals surface area contributed by atoms with Crippen LogP contribution in [0.25, 0.3) is 0 Å². The monoisotopic (exact) mass is 700 g/mol. The topological polar surface area (TPSA) is 129 Å². The van der Waals surface area contributed by atoms with Gasteiger partial charge in [0.05, 0.1) is 37.1 Å². The van der Waals surface area contributed by atoms with Gasteiger partial charge in [-0.2, -0.15) is 0 Å². The van der Waals surface area contributed by atoms with Crippen LogP contribution in [0, 0.1) is 11.8 Å². The number of benzene rings is 2. The highest BCUT2D eigenvalue weighted by Crippen LogP contribution is 2.59. The summed E-state index contributed by atoms with van der Waals surface area (Å²) in [5.41, 5.74) is 1.08. The molecule has 274 valence electrons. The van der Waals surface area contributed by atoms with Crippen LogP contribution >= 0.6 is 0 Å². The Labute approximate surface area is 301 Å². The van der Waals surface area contributed by atoms with Crippen LogP contribution < -0.4 is 15.1 Å². The van der Waals surface area contributed by atoms with E-state index in [0.29, 0.717) is 36.9 Å². The maximum Gasteiger partial charge on any atom is 0.313 e. The van der Waals surface area contributed by atoms with Crippen LogP contribution in [-0.2, 0) is 28.7 Å². The van der Waals surface area contributed by atoms with Crippen molar-refractivity contribution < 1.29 is 33.8 Å². The lowest BCUT2D eigenvalue weighted by Crippen LogP contribution is -2.59. The summed E-state index contributed by atoms with van der Waals surface area (Å²) in [7, 11) is 0. The number of anilines is 2. The number of ether oxygens (including phenoxy) is 2. The Balaban J connectivity index is 1.47. The molecule has 0 aliphatic carbocycles. The van der Waals surface area contributed by atoms with Gasteiger partial charge in [0, 0.05) is 37.4 Å². The maximum absolute atomic E-state index is 14.9. The molecule has 3 amide bonds. The van der Waals surface area contributed by atoms with Crippen molar-refractivity contribution in [1.82, 2.24) is 10.2 Å². The zero-order valence-electron chi connectivity index (χ0n) is 30.0. The van der Waals surface area contributed by atoms with E-state index >= 15 is 0 Å². The molecular formula is C40H52N4O7. The summed E-state index contributed by atoms with van der Waals surface area (Å²) < 4.78 is 12.8. The number of rotatable bonds is 18. The lowest BCUT2D eigenvalue weighted by atomic mass is 9.70.